The quantitative estimate of drug-likeness (QED) is 0.174. The normalized spacial score (nSPS) is 12.8. The summed E-state index contributed by atoms with van der Waals surface area (Å²) in [7, 11) is -4.05. The maximum absolute atomic E-state index is 11.5. The monoisotopic (exact) mass is 536 g/mol. The number of phosphoric ester groups is 1. The Morgan fingerprint density at radius 2 is 1.25 bits per heavy atom. The van der Waals surface area contributed by atoms with Gasteiger partial charge in [0.25, 0.3) is 0 Å². The first-order valence-electron chi connectivity index (χ1n) is 12.8. The van der Waals surface area contributed by atoms with E-state index in [1.54, 1.807) is 13.8 Å². The Balaban J connectivity index is 0. The number of ketones is 2. The number of amides is 2. The number of carbonyl (C=O) groups is 4. The molecular weight excluding hydrogens is 487 g/mol. The van der Waals surface area contributed by atoms with Crippen molar-refractivity contribution in [2.45, 2.75) is 100 Å². The van der Waals surface area contributed by atoms with Crippen molar-refractivity contribution in [3.05, 3.63) is 0 Å². The van der Waals surface area contributed by atoms with E-state index in [0.29, 0.717) is 38.1 Å². The third-order valence-electron chi connectivity index (χ3n) is 4.78. The summed E-state index contributed by atoms with van der Waals surface area (Å²) in [5, 5.41) is 5.37. The van der Waals surface area contributed by atoms with Gasteiger partial charge in [-0.2, -0.15) is 0 Å². The third kappa shape index (κ3) is 24.1. The Morgan fingerprint density at radius 3 is 1.75 bits per heavy atom. The van der Waals surface area contributed by atoms with Crippen LogP contribution in [0.25, 0.3) is 0 Å². The zero-order chi connectivity index (χ0) is 28.3. The van der Waals surface area contributed by atoms with Crippen molar-refractivity contribution < 1.29 is 37.7 Å². The first kappa shape index (κ1) is 36.5. The second-order valence-corrected chi connectivity index (χ2v) is 11.3. The van der Waals surface area contributed by atoms with Crippen LogP contribution < -0.4 is 10.6 Å². The van der Waals surface area contributed by atoms with Crippen molar-refractivity contribution in [2.24, 2.45) is 17.8 Å². The fourth-order valence-electron chi connectivity index (χ4n) is 2.56. The summed E-state index contributed by atoms with van der Waals surface area (Å²) >= 11 is 0. The minimum atomic E-state index is -4.05. The summed E-state index contributed by atoms with van der Waals surface area (Å²) in [6, 6.07) is 0. The molecule has 0 aromatic rings. The summed E-state index contributed by atoms with van der Waals surface area (Å²) in [5.41, 5.74) is 0. The molecule has 2 amide bonds. The average molecular weight is 537 g/mol. The molecule has 1 atom stereocenters. The third-order valence-corrected chi connectivity index (χ3v) is 5.98. The number of hydrogen-bond acceptors (Lipinski definition) is 7. The van der Waals surface area contributed by atoms with Gasteiger partial charge in [-0.15, -0.1) is 0 Å². The van der Waals surface area contributed by atoms with Gasteiger partial charge in [0.15, 0.2) is 0 Å². The van der Waals surface area contributed by atoms with Crippen LogP contribution in [0.4, 0.5) is 0 Å². The molecule has 11 heteroatoms. The molecule has 36 heavy (non-hydrogen) atoms. The van der Waals surface area contributed by atoms with Crippen LogP contribution >= 0.6 is 7.82 Å². The lowest BCUT2D eigenvalue weighted by atomic mass is 10.0. The number of Topliss-reactive ketones (excluding diaryl/α,β-unsaturated/α-hetero) is 2. The Morgan fingerprint density at radius 1 is 0.750 bits per heavy atom. The molecule has 3 N–H and O–H groups in total. The van der Waals surface area contributed by atoms with Gasteiger partial charge in [0, 0.05) is 50.6 Å². The van der Waals surface area contributed by atoms with Crippen LogP contribution in [0.3, 0.4) is 0 Å². The highest BCUT2D eigenvalue weighted by atomic mass is 31.2. The molecule has 0 spiro atoms. The first-order chi connectivity index (χ1) is 16.6. The SMILES string of the molecule is CC(C)CCNC(=O)CCC(=O)C(C)C.CC(C)OP(=O)(O)OCCNC(=O)CCCC(=O)C(C)C. The molecule has 0 saturated carbocycles. The molecule has 0 rings (SSSR count). The summed E-state index contributed by atoms with van der Waals surface area (Å²) in [5.74, 6) is 0.696. The van der Waals surface area contributed by atoms with E-state index in [4.69, 9.17) is 4.52 Å². The molecule has 0 aliphatic heterocycles. The van der Waals surface area contributed by atoms with Gasteiger partial charge in [0.2, 0.25) is 11.8 Å². The maximum Gasteiger partial charge on any atom is 0.472 e. The van der Waals surface area contributed by atoms with Crippen LogP contribution in [-0.2, 0) is 32.8 Å². The summed E-state index contributed by atoms with van der Waals surface area (Å²) < 4.78 is 20.7. The van der Waals surface area contributed by atoms with Crippen LogP contribution in [0.2, 0.25) is 0 Å². The molecule has 0 aliphatic rings. The molecule has 0 aliphatic carbocycles. The zero-order valence-corrected chi connectivity index (χ0v) is 24.3. The number of rotatable bonds is 18. The standard InChI is InChI=1S/C13H26NO6P.C12H23NO2/c1-10(2)12(15)6-5-7-13(16)14-8-9-19-21(17,18)20-11(3)4;1-9(2)7-8-13-12(15)6-5-11(14)10(3)4/h10-11H,5-9H2,1-4H3,(H,14,16)(H,17,18);9-10H,5-8H2,1-4H3,(H,13,15). The van der Waals surface area contributed by atoms with Crippen LogP contribution in [0, 0.1) is 17.8 Å². The summed E-state index contributed by atoms with van der Waals surface area (Å²) in [4.78, 5) is 54.6. The number of nitrogens with one attached hydrogen (secondary N) is 2. The maximum atomic E-state index is 11.5. The molecule has 0 heterocycles. The van der Waals surface area contributed by atoms with E-state index in [9.17, 15) is 28.6 Å². The molecule has 0 saturated heterocycles. The van der Waals surface area contributed by atoms with Crippen LogP contribution in [0.1, 0.15) is 93.9 Å². The van der Waals surface area contributed by atoms with Crippen molar-refractivity contribution in [3.8, 4) is 0 Å². The first-order valence-corrected chi connectivity index (χ1v) is 14.3. The highest BCUT2D eigenvalue weighted by Gasteiger charge is 2.22. The molecule has 10 nitrogen and oxygen atoms in total. The van der Waals surface area contributed by atoms with Gasteiger partial charge in [-0.25, -0.2) is 4.57 Å². The van der Waals surface area contributed by atoms with Crippen LogP contribution in [0.5, 0.6) is 0 Å². The smallest absolute Gasteiger partial charge is 0.356 e. The fraction of sp³-hybridized carbons (Fsp3) is 0.840. The molecular formula is C25H49N2O8P. The molecule has 0 radical (unpaired) electrons. The van der Waals surface area contributed by atoms with E-state index >= 15 is 0 Å². The van der Waals surface area contributed by atoms with E-state index in [0.717, 1.165) is 6.42 Å². The van der Waals surface area contributed by atoms with Crippen molar-refractivity contribution in [1.82, 2.24) is 10.6 Å². The van der Waals surface area contributed by atoms with Gasteiger partial charge in [0.1, 0.15) is 11.6 Å². The zero-order valence-electron chi connectivity index (χ0n) is 23.4. The minimum Gasteiger partial charge on any atom is -0.356 e. The largest absolute Gasteiger partial charge is 0.472 e. The lowest BCUT2D eigenvalue weighted by Gasteiger charge is -2.14. The van der Waals surface area contributed by atoms with Gasteiger partial charge < -0.3 is 15.5 Å². The Bertz CT molecular complexity index is 708. The predicted octanol–water partition coefficient (Wildman–Crippen LogP) is 4.19. The summed E-state index contributed by atoms with van der Waals surface area (Å²) in [6.07, 6.45) is 2.39. The van der Waals surface area contributed by atoms with Crippen LogP contribution in [-0.4, -0.2) is 54.1 Å². The van der Waals surface area contributed by atoms with Crippen LogP contribution in [0.15, 0.2) is 0 Å². The minimum absolute atomic E-state index is 0.00958. The highest BCUT2D eigenvalue weighted by Crippen LogP contribution is 2.44. The number of phosphoric acid groups is 1. The van der Waals surface area contributed by atoms with Gasteiger partial charge in [-0.05, 0) is 32.6 Å². The second kappa shape index (κ2) is 20.4. The van der Waals surface area contributed by atoms with Gasteiger partial charge >= 0.3 is 7.82 Å². The Labute approximate surface area is 217 Å². The molecule has 0 aromatic heterocycles. The number of carbonyl (C=O) groups excluding carboxylic acids is 4. The van der Waals surface area contributed by atoms with Crippen molar-refractivity contribution in [1.29, 1.82) is 0 Å². The lowest BCUT2D eigenvalue weighted by molar-refractivity contribution is -0.126. The van der Waals surface area contributed by atoms with E-state index < -0.39 is 13.9 Å². The van der Waals surface area contributed by atoms with Gasteiger partial charge in [-0.3, -0.25) is 28.2 Å². The molecule has 0 fully saturated rings. The second-order valence-electron chi connectivity index (χ2n) is 9.93. The highest BCUT2D eigenvalue weighted by molar-refractivity contribution is 7.47. The molecule has 1 unspecified atom stereocenters. The van der Waals surface area contributed by atoms with Gasteiger partial charge in [-0.1, -0.05) is 41.5 Å². The summed E-state index contributed by atoms with van der Waals surface area (Å²) in [6.45, 7) is 15.6. The fourth-order valence-corrected chi connectivity index (χ4v) is 3.48. The molecule has 0 aromatic carbocycles. The van der Waals surface area contributed by atoms with E-state index in [2.05, 4.69) is 29.0 Å². The Kier molecular flexibility index (Phi) is 20.8. The average Bonchev–Trinajstić information content (AvgIpc) is 2.74. The Hall–Kier alpha value is -1.61. The lowest BCUT2D eigenvalue weighted by Crippen LogP contribution is -2.27. The van der Waals surface area contributed by atoms with Crippen molar-refractivity contribution in [2.75, 3.05) is 19.7 Å². The van der Waals surface area contributed by atoms with E-state index in [-0.39, 0.29) is 54.8 Å². The van der Waals surface area contributed by atoms with E-state index in [1.165, 1.54) is 0 Å². The predicted molar refractivity (Wildman–Crippen MR) is 140 cm³/mol. The van der Waals surface area contributed by atoms with Crippen molar-refractivity contribution >= 4 is 31.2 Å². The van der Waals surface area contributed by atoms with Crippen molar-refractivity contribution in [3.63, 3.8) is 0 Å². The molecule has 212 valence electrons. The molecule has 0 bridgehead atoms. The van der Waals surface area contributed by atoms with Gasteiger partial charge in [0.05, 0.1) is 12.7 Å². The number of hydrogen-bond donors (Lipinski definition) is 3. The van der Waals surface area contributed by atoms with E-state index in [1.807, 2.05) is 27.7 Å². The topological polar surface area (TPSA) is 148 Å².